The van der Waals surface area contributed by atoms with Crippen molar-refractivity contribution in [1.82, 2.24) is 15.0 Å². The summed E-state index contributed by atoms with van der Waals surface area (Å²) in [4.78, 5) is 16.5. The summed E-state index contributed by atoms with van der Waals surface area (Å²) in [7, 11) is 0. The lowest BCUT2D eigenvalue weighted by atomic mass is 9.61. The van der Waals surface area contributed by atoms with Crippen LogP contribution in [-0.2, 0) is 16.2 Å². The van der Waals surface area contributed by atoms with Crippen LogP contribution in [0.3, 0.4) is 0 Å². The predicted octanol–water partition coefficient (Wildman–Crippen LogP) is 12.8. The van der Waals surface area contributed by atoms with Crippen LogP contribution < -0.4 is 4.74 Å². The molecule has 1 aromatic heterocycles. The molecule has 2 heterocycles. The summed E-state index contributed by atoms with van der Waals surface area (Å²) in [5, 5.41) is 0. The molecule has 4 nitrogen and oxygen atoms in total. The van der Waals surface area contributed by atoms with Crippen LogP contribution in [0.25, 0.3) is 45.0 Å². The number of hydrogen-bond acceptors (Lipinski definition) is 4. The zero-order valence-electron chi connectivity index (χ0n) is 33.1. The number of hydrogen-bond donors (Lipinski definition) is 0. The van der Waals surface area contributed by atoms with Crippen molar-refractivity contribution in [3.05, 3.63) is 173 Å². The molecule has 0 amide bonds. The van der Waals surface area contributed by atoms with Crippen LogP contribution in [0.15, 0.2) is 133 Å². The van der Waals surface area contributed by atoms with E-state index in [0.717, 1.165) is 63.4 Å². The van der Waals surface area contributed by atoms with E-state index >= 15 is 0 Å². The van der Waals surface area contributed by atoms with Crippen molar-refractivity contribution in [3.8, 4) is 56.5 Å². The Morgan fingerprint density at radius 1 is 0.483 bits per heavy atom. The lowest BCUT2D eigenvalue weighted by Crippen LogP contribution is -2.37. The highest BCUT2D eigenvalue weighted by Crippen LogP contribution is 2.63. The third-order valence-electron chi connectivity index (χ3n) is 15.4. The van der Waals surface area contributed by atoms with Crippen LogP contribution in [0.2, 0.25) is 0 Å². The zero-order valence-corrected chi connectivity index (χ0v) is 33.1. The molecule has 6 aromatic carbocycles. The monoisotopic (exact) mass is 751 g/mol. The minimum Gasteiger partial charge on any atom is -0.457 e. The van der Waals surface area contributed by atoms with Crippen molar-refractivity contribution in [2.45, 2.75) is 75.0 Å². The number of fused-ring (bicyclic) bond motifs is 12. The summed E-state index contributed by atoms with van der Waals surface area (Å²) in [6.45, 7) is 4.70. The molecule has 4 saturated carbocycles. The Hall–Kier alpha value is -5.87. The molecule has 1 unspecified atom stereocenters. The minimum absolute atomic E-state index is 0.00955. The Morgan fingerprint density at radius 3 is 1.78 bits per heavy atom. The van der Waals surface area contributed by atoms with Crippen molar-refractivity contribution < 1.29 is 4.74 Å². The standard InChI is InChI=1S/C54H45N3O/c1-52(2)41-14-6-3-11-37(41)40-21-19-35(28-46(40)52)49-55-50(57-51(56-49)53-24-23-32(30-53)25-33-26-34(27-33)31-53)36-20-22-45-48(29-36)58-47-18-10-9-17-44(47)54(45)42-15-7-4-12-38(42)39-13-5-8-16-43(39)54/h3-22,28-29,32-34H,23-27,30-31H2,1-2H3/t32-,33?,34?,53?/m0/s1. The Kier molecular flexibility index (Phi) is 6.64. The fourth-order valence-electron chi connectivity index (χ4n) is 12.9. The van der Waals surface area contributed by atoms with Gasteiger partial charge in [-0.25, -0.2) is 15.0 Å². The summed E-state index contributed by atoms with van der Waals surface area (Å²) in [6, 6.07) is 49.0. The smallest absolute Gasteiger partial charge is 0.163 e. The fraction of sp³-hybridized carbons (Fsp3) is 0.278. The van der Waals surface area contributed by atoms with Crippen molar-refractivity contribution in [1.29, 1.82) is 0 Å². The predicted molar refractivity (Wildman–Crippen MR) is 230 cm³/mol. The average Bonchev–Trinajstić information content (AvgIpc) is 3.89. The van der Waals surface area contributed by atoms with E-state index in [9.17, 15) is 0 Å². The Bertz CT molecular complexity index is 2840. The quantitative estimate of drug-likeness (QED) is 0.180. The molecule has 0 saturated heterocycles. The second-order valence-electron chi connectivity index (χ2n) is 18.9. The number of ether oxygens (including phenoxy) is 1. The molecule has 0 radical (unpaired) electrons. The highest BCUT2D eigenvalue weighted by Gasteiger charge is 2.52. The van der Waals surface area contributed by atoms with Crippen LogP contribution in [0, 0.1) is 17.8 Å². The number of benzene rings is 6. The summed E-state index contributed by atoms with van der Waals surface area (Å²) < 4.78 is 6.95. The number of aromatic nitrogens is 3. The molecule has 4 bridgehead atoms. The molecule has 282 valence electrons. The van der Waals surface area contributed by atoms with Gasteiger partial charge in [0.25, 0.3) is 0 Å². The van der Waals surface area contributed by atoms with Crippen LogP contribution in [0.5, 0.6) is 11.5 Å². The molecular formula is C54H45N3O. The molecule has 14 rings (SSSR count). The van der Waals surface area contributed by atoms with E-state index in [2.05, 4.69) is 147 Å². The van der Waals surface area contributed by atoms with Gasteiger partial charge in [-0.1, -0.05) is 129 Å². The first-order valence-electron chi connectivity index (χ1n) is 21.5. The second-order valence-corrected chi connectivity index (χ2v) is 18.9. The Balaban J connectivity index is 1.01. The Labute approximate surface area is 340 Å². The summed E-state index contributed by atoms with van der Waals surface area (Å²) in [5.41, 5.74) is 14.2. The highest BCUT2D eigenvalue weighted by atomic mass is 16.5. The van der Waals surface area contributed by atoms with Crippen LogP contribution in [0.1, 0.15) is 98.0 Å². The van der Waals surface area contributed by atoms with Crippen molar-refractivity contribution in [2.75, 3.05) is 0 Å². The van der Waals surface area contributed by atoms with Gasteiger partial charge in [-0.2, -0.15) is 0 Å². The molecule has 7 aliphatic rings. The molecule has 0 N–H and O–H groups in total. The number of para-hydroxylation sites is 1. The van der Waals surface area contributed by atoms with Gasteiger partial charge >= 0.3 is 0 Å². The van der Waals surface area contributed by atoms with Crippen molar-refractivity contribution in [2.24, 2.45) is 17.8 Å². The number of nitrogens with zero attached hydrogens (tertiary/aromatic N) is 3. The van der Waals surface area contributed by atoms with Crippen molar-refractivity contribution in [3.63, 3.8) is 0 Å². The van der Waals surface area contributed by atoms with E-state index in [1.54, 1.807) is 0 Å². The maximum Gasteiger partial charge on any atom is 0.163 e. The highest BCUT2D eigenvalue weighted by molar-refractivity contribution is 5.89. The molecule has 7 aromatic rings. The largest absolute Gasteiger partial charge is 0.457 e. The van der Waals surface area contributed by atoms with Gasteiger partial charge in [-0.05, 0) is 125 Å². The van der Waals surface area contributed by atoms with Crippen LogP contribution in [-0.4, -0.2) is 15.0 Å². The van der Waals surface area contributed by atoms with Crippen molar-refractivity contribution >= 4 is 0 Å². The number of rotatable bonds is 3. The van der Waals surface area contributed by atoms with E-state index in [1.807, 2.05) is 0 Å². The SMILES string of the molecule is CC1(C)c2ccccc2-c2ccc(-c3nc(-c4ccc5c(c4)Oc4ccccc4C54c5ccccc5-c5ccccc54)nc(C45CC[C@@H](CC6CC(C6)C4)C5)n3)cc21. The maximum absolute atomic E-state index is 6.95. The first kappa shape index (κ1) is 33.1. The van der Waals surface area contributed by atoms with E-state index in [1.165, 1.54) is 95.0 Å². The van der Waals surface area contributed by atoms with Gasteiger partial charge in [0.2, 0.25) is 0 Å². The molecular weight excluding hydrogens is 707 g/mol. The van der Waals surface area contributed by atoms with E-state index in [0.29, 0.717) is 0 Å². The topological polar surface area (TPSA) is 47.9 Å². The fourth-order valence-corrected chi connectivity index (χ4v) is 12.9. The summed E-state index contributed by atoms with van der Waals surface area (Å²) in [5.74, 6) is 6.73. The van der Waals surface area contributed by atoms with Gasteiger partial charge in [0, 0.05) is 33.1 Å². The van der Waals surface area contributed by atoms with Gasteiger partial charge in [0.05, 0.1) is 5.41 Å². The molecule has 58 heavy (non-hydrogen) atoms. The molecule has 2 atom stereocenters. The first-order chi connectivity index (χ1) is 28.4. The van der Waals surface area contributed by atoms with Crippen LogP contribution >= 0.6 is 0 Å². The third-order valence-corrected chi connectivity index (χ3v) is 15.4. The molecule has 1 aliphatic heterocycles. The molecule has 1 spiro atoms. The van der Waals surface area contributed by atoms with Gasteiger partial charge in [-0.15, -0.1) is 0 Å². The first-order valence-corrected chi connectivity index (χ1v) is 21.5. The van der Waals surface area contributed by atoms with E-state index in [-0.39, 0.29) is 10.8 Å². The van der Waals surface area contributed by atoms with E-state index < -0.39 is 5.41 Å². The van der Waals surface area contributed by atoms with Gasteiger partial charge in [0.15, 0.2) is 11.6 Å². The van der Waals surface area contributed by atoms with Gasteiger partial charge in [0.1, 0.15) is 17.3 Å². The molecule has 6 aliphatic carbocycles. The minimum atomic E-state index is -0.503. The maximum atomic E-state index is 6.95. The summed E-state index contributed by atoms with van der Waals surface area (Å²) >= 11 is 0. The zero-order chi connectivity index (χ0) is 38.4. The van der Waals surface area contributed by atoms with E-state index in [4.69, 9.17) is 19.7 Å². The molecule has 4 fully saturated rings. The van der Waals surface area contributed by atoms with Gasteiger partial charge < -0.3 is 4.74 Å². The Morgan fingerprint density at radius 2 is 1.03 bits per heavy atom. The lowest BCUT2D eigenvalue weighted by Gasteiger charge is -2.44. The van der Waals surface area contributed by atoms with Crippen LogP contribution in [0.4, 0.5) is 0 Å². The normalized spacial score (nSPS) is 24.2. The van der Waals surface area contributed by atoms with Gasteiger partial charge in [-0.3, -0.25) is 0 Å². The summed E-state index contributed by atoms with van der Waals surface area (Å²) in [6.07, 6.45) is 8.97. The molecule has 4 heteroatoms. The third kappa shape index (κ3) is 4.38. The average molecular weight is 752 g/mol. The lowest BCUT2D eigenvalue weighted by molar-refractivity contribution is 0.0984. The second kappa shape index (κ2) is 11.6.